The van der Waals surface area contributed by atoms with Crippen LogP contribution in [0.2, 0.25) is 0 Å². The molecule has 0 radical (unpaired) electrons. The van der Waals surface area contributed by atoms with E-state index in [4.69, 9.17) is 10.00 Å². The molecule has 2 aliphatic rings. The van der Waals surface area contributed by atoms with Crippen molar-refractivity contribution < 1.29 is 4.74 Å². The standard InChI is InChI=1S/C22H18N2O/c23-15-17-5-7-18(8-6-17)16-25-21-11-9-20(10-12-21)24-14-13-19-3-1-2-4-22(19)24/h1-3,5-14,22H,4,16H2. The molecule has 0 N–H and O–H groups in total. The summed E-state index contributed by atoms with van der Waals surface area (Å²) >= 11 is 0. The Balaban J connectivity index is 1.40. The van der Waals surface area contributed by atoms with Crippen LogP contribution in [0.5, 0.6) is 5.75 Å². The van der Waals surface area contributed by atoms with Crippen molar-refractivity contribution in [2.24, 2.45) is 0 Å². The highest BCUT2D eigenvalue weighted by molar-refractivity contribution is 5.60. The van der Waals surface area contributed by atoms with Gasteiger partial charge in [0.1, 0.15) is 12.4 Å². The highest BCUT2D eigenvalue weighted by atomic mass is 16.5. The average Bonchev–Trinajstić information content (AvgIpc) is 3.11. The Bertz CT molecular complexity index is 883. The fraction of sp³-hybridized carbons (Fsp3) is 0.136. The van der Waals surface area contributed by atoms with E-state index in [2.05, 4.69) is 53.6 Å². The maximum absolute atomic E-state index is 8.83. The van der Waals surface area contributed by atoms with Crippen LogP contribution in [0.1, 0.15) is 17.5 Å². The van der Waals surface area contributed by atoms with Gasteiger partial charge in [0.25, 0.3) is 0 Å². The highest BCUT2D eigenvalue weighted by Crippen LogP contribution is 2.32. The summed E-state index contributed by atoms with van der Waals surface area (Å²) in [6.45, 7) is 0.495. The van der Waals surface area contributed by atoms with Crippen molar-refractivity contribution in [1.82, 2.24) is 0 Å². The van der Waals surface area contributed by atoms with E-state index in [1.54, 1.807) is 0 Å². The zero-order valence-electron chi connectivity index (χ0n) is 13.8. The van der Waals surface area contributed by atoms with Crippen LogP contribution in [0.3, 0.4) is 0 Å². The minimum atomic E-state index is 0.412. The summed E-state index contributed by atoms with van der Waals surface area (Å²) in [5, 5.41) is 8.83. The number of hydrogen-bond donors (Lipinski definition) is 0. The van der Waals surface area contributed by atoms with Crippen molar-refractivity contribution in [1.29, 1.82) is 5.26 Å². The van der Waals surface area contributed by atoms with E-state index in [9.17, 15) is 0 Å². The maximum Gasteiger partial charge on any atom is 0.119 e. The van der Waals surface area contributed by atoms with Crippen molar-refractivity contribution in [3.63, 3.8) is 0 Å². The van der Waals surface area contributed by atoms with Gasteiger partial charge in [0.15, 0.2) is 0 Å². The number of ether oxygens (including phenoxy) is 1. The molecule has 1 atom stereocenters. The summed E-state index contributed by atoms with van der Waals surface area (Å²) in [5.41, 5.74) is 4.25. The molecule has 3 nitrogen and oxygen atoms in total. The van der Waals surface area contributed by atoms with Gasteiger partial charge in [-0.25, -0.2) is 0 Å². The van der Waals surface area contributed by atoms with Crippen molar-refractivity contribution in [2.45, 2.75) is 19.1 Å². The van der Waals surface area contributed by atoms with Crippen molar-refractivity contribution in [2.75, 3.05) is 4.90 Å². The second-order valence-corrected chi connectivity index (χ2v) is 6.16. The molecule has 1 unspecified atom stereocenters. The molecule has 1 heterocycles. The fourth-order valence-electron chi connectivity index (χ4n) is 3.17. The molecule has 0 bridgehead atoms. The summed E-state index contributed by atoms with van der Waals surface area (Å²) in [5.74, 6) is 0.843. The first-order valence-electron chi connectivity index (χ1n) is 8.39. The van der Waals surface area contributed by atoms with Crippen molar-refractivity contribution in [3.05, 3.63) is 95.7 Å². The zero-order chi connectivity index (χ0) is 17.1. The molecule has 3 heteroatoms. The van der Waals surface area contributed by atoms with Gasteiger partial charge in [-0.1, -0.05) is 30.4 Å². The minimum Gasteiger partial charge on any atom is -0.489 e. The van der Waals surface area contributed by atoms with E-state index in [-0.39, 0.29) is 0 Å². The molecule has 0 saturated carbocycles. The number of allylic oxidation sites excluding steroid dienone is 2. The Morgan fingerprint density at radius 1 is 1.08 bits per heavy atom. The van der Waals surface area contributed by atoms with Gasteiger partial charge in [-0.2, -0.15) is 5.26 Å². The van der Waals surface area contributed by atoms with Crippen LogP contribution < -0.4 is 9.64 Å². The molecule has 122 valence electrons. The molecular weight excluding hydrogens is 308 g/mol. The SMILES string of the molecule is N#Cc1ccc(COc2ccc(N3C=CC4=CC=CCC43)cc2)cc1. The molecule has 4 rings (SSSR count). The minimum absolute atomic E-state index is 0.412. The molecule has 25 heavy (non-hydrogen) atoms. The van der Waals surface area contributed by atoms with Gasteiger partial charge in [0, 0.05) is 11.9 Å². The fourth-order valence-corrected chi connectivity index (χ4v) is 3.17. The van der Waals surface area contributed by atoms with Gasteiger partial charge in [-0.05, 0) is 60.0 Å². The van der Waals surface area contributed by atoms with E-state index in [1.165, 1.54) is 11.3 Å². The van der Waals surface area contributed by atoms with Gasteiger partial charge in [-0.3, -0.25) is 0 Å². The number of anilines is 1. The largest absolute Gasteiger partial charge is 0.489 e. The molecule has 1 aliphatic carbocycles. The first-order valence-corrected chi connectivity index (χ1v) is 8.39. The topological polar surface area (TPSA) is 36.3 Å². The van der Waals surface area contributed by atoms with Gasteiger partial charge in [-0.15, -0.1) is 0 Å². The molecule has 2 aromatic rings. The van der Waals surface area contributed by atoms with Crippen molar-refractivity contribution in [3.8, 4) is 11.8 Å². The molecule has 1 aliphatic heterocycles. The van der Waals surface area contributed by atoms with Crippen molar-refractivity contribution >= 4 is 5.69 Å². The first-order chi connectivity index (χ1) is 12.3. The summed E-state index contributed by atoms with van der Waals surface area (Å²) in [6.07, 6.45) is 11.9. The number of hydrogen-bond acceptors (Lipinski definition) is 3. The lowest BCUT2D eigenvalue weighted by atomic mass is 10.0. The quantitative estimate of drug-likeness (QED) is 0.815. The second kappa shape index (κ2) is 6.70. The predicted octanol–water partition coefficient (Wildman–Crippen LogP) is 4.73. The third kappa shape index (κ3) is 3.20. The van der Waals surface area contributed by atoms with E-state index in [0.29, 0.717) is 18.2 Å². The third-order valence-corrected chi connectivity index (χ3v) is 4.56. The Hall–Kier alpha value is -3.25. The average molecular weight is 326 g/mol. The van der Waals surface area contributed by atoms with E-state index < -0.39 is 0 Å². The van der Waals surface area contributed by atoms with Crippen LogP contribution >= 0.6 is 0 Å². The molecule has 0 amide bonds. The molecule has 2 aromatic carbocycles. The van der Waals surface area contributed by atoms with E-state index in [0.717, 1.165) is 17.7 Å². The van der Waals surface area contributed by atoms with Gasteiger partial charge >= 0.3 is 0 Å². The van der Waals surface area contributed by atoms with E-state index >= 15 is 0 Å². The number of rotatable bonds is 4. The number of nitriles is 1. The number of nitrogens with zero attached hydrogens (tertiary/aromatic N) is 2. The van der Waals surface area contributed by atoms with Crippen LogP contribution in [0, 0.1) is 11.3 Å². The Morgan fingerprint density at radius 3 is 2.64 bits per heavy atom. The monoisotopic (exact) mass is 326 g/mol. The van der Waals surface area contributed by atoms with Crippen LogP contribution in [0.4, 0.5) is 5.69 Å². The molecule has 0 aromatic heterocycles. The lowest BCUT2D eigenvalue weighted by molar-refractivity contribution is 0.306. The van der Waals surface area contributed by atoms with Gasteiger partial charge in [0.2, 0.25) is 0 Å². The molecule has 0 spiro atoms. The van der Waals surface area contributed by atoms with Crippen LogP contribution in [0.15, 0.2) is 84.6 Å². The third-order valence-electron chi connectivity index (χ3n) is 4.56. The maximum atomic E-state index is 8.83. The van der Waals surface area contributed by atoms with Crippen LogP contribution in [-0.4, -0.2) is 6.04 Å². The summed E-state index contributed by atoms with van der Waals surface area (Å²) in [7, 11) is 0. The Morgan fingerprint density at radius 2 is 1.88 bits per heavy atom. The summed E-state index contributed by atoms with van der Waals surface area (Å²) < 4.78 is 5.85. The van der Waals surface area contributed by atoms with Crippen LogP contribution in [-0.2, 0) is 6.61 Å². The molecule has 0 fully saturated rings. The second-order valence-electron chi connectivity index (χ2n) is 6.16. The summed E-state index contributed by atoms with van der Waals surface area (Å²) in [6, 6.07) is 18.2. The Kier molecular flexibility index (Phi) is 4.10. The lowest BCUT2D eigenvalue weighted by Gasteiger charge is -2.27. The van der Waals surface area contributed by atoms with Crippen LogP contribution in [0.25, 0.3) is 0 Å². The normalized spacial score (nSPS) is 17.8. The summed E-state index contributed by atoms with van der Waals surface area (Å²) in [4.78, 5) is 2.31. The predicted molar refractivity (Wildman–Crippen MR) is 99.2 cm³/mol. The smallest absolute Gasteiger partial charge is 0.119 e. The van der Waals surface area contributed by atoms with Gasteiger partial charge < -0.3 is 9.64 Å². The lowest BCUT2D eigenvalue weighted by Crippen LogP contribution is -2.27. The highest BCUT2D eigenvalue weighted by Gasteiger charge is 2.24. The number of benzene rings is 2. The molecular formula is C22H18N2O. The zero-order valence-corrected chi connectivity index (χ0v) is 13.8. The van der Waals surface area contributed by atoms with Gasteiger partial charge in [0.05, 0.1) is 17.7 Å². The molecule has 0 saturated heterocycles. The Labute approximate surface area is 147 Å². The number of fused-ring (bicyclic) bond motifs is 1. The van der Waals surface area contributed by atoms with E-state index in [1.807, 2.05) is 36.4 Å². The first kappa shape index (κ1) is 15.3.